The molecule has 24 nitrogen and oxygen atoms in total. The molecule has 12 atom stereocenters. The number of carboxylic acid groups (broad SMARTS) is 2. The number of likely N-dealkylation sites (N-methyl/N-ethyl adjacent to an activating group) is 2. The fourth-order valence-corrected chi connectivity index (χ4v) is 12.7. The Morgan fingerprint density at radius 1 is 0.610 bits per heavy atom. The van der Waals surface area contributed by atoms with Gasteiger partial charge in [0.2, 0.25) is 35.4 Å². The van der Waals surface area contributed by atoms with Crippen molar-refractivity contribution in [3.63, 3.8) is 0 Å². The summed E-state index contributed by atoms with van der Waals surface area (Å²) in [5.41, 5.74) is 0.400. The molecule has 100 heavy (non-hydrogen) atoms. The summed E-state index contributed by atoms with van der Waals surface area (Å²) in [5.74, 6) is -9.81. The Morgan fingerprint density at radius 3 is 1.86 bits per heavy atom. The number of hydrogen-bond donors (Lipinski definition) is 9. The zero-order valence-corrected chi connectivity index (χ0v) is 58.5. The molecule has 0 saturated carbocycles. The second-order valence-electron chi connectivity index (χ2n) is 28.5. The molecule has 11 rings (SSSR count). The van der Waals surface area contributed by atoms with Crippen molar-refractivity contribution >= 4 is 75.6 Å². The van der Waals surface area contributed by atoms with Crippen molar-refractivity contribution in [2.45, 2.75) is 161 Å². The van der Waals surface area contributed by atoms with Crippen molar-refractivity contribution < 1.29 is 72.4 Å². The Kier molecular flexibility index (Phi) is 25.8. The van der Waals surface area contributed by atoms with Crippen molar-refractivity contribution in [1.29, 1.82) is 0 Å². The summed E-state index contributed by atoms with van der Waals surface area (Å²) in [4.78, 5) is 160. The Morgan fingerprint density at radius 2 is 1.22 bits per heavy atom. The van der Waals surface area contributed by atoms with Gasteiger partial charge in [0, 0.05) is 62.7 Å². The number of nitrogens with one attached hydrogen (secondary N) is 7. The number of Topliss-reactive ketones (excluding diaryl/α,β-unsaturated/α-hetero) is 2. The monoisotopic (exact) mass is 1370 g/mol. The van der Waals surface area contributed by atoms with E-state index in [-0.39, 0.29) is 76.2 Å². The highest BCUT2D eigenvalue weighted by atomic mass is 16.5. The van der Waals surface area contributed by atoms with Crippen molar-refractivity contribution in [1.82, 2.24) is 47.0 Å². The van der Waals surface area contributed by atoms with Gasteiger partial charge in [-0.1, -0.05) is 145 Å². The van der Waals surface area contributed by atoms with Gasteiger partial charge < -0.3 is 66.7 Å². The molecule has 0 unspecified atom stereocenters. The van der Waals surface area contributed by atoms with Crippen molar-refractivity contribution in [3.8, 4) is 5.75 Å². The minimum Gasteiger partial charge on any atom is -0.490 e. The highest BCUT2D eigenvalue weighted by molar-refractivity contribution is 5.99. The first kappa shape index (κ1) is 76.1. The first-order chi connectivity index (χ1) is 47.4. The lowest BCUT2D eigenvalue weighted by atomic mass is 9.76. The van der Waals surface area contributed by atoms with E-state index in [9.17, 15) is 53.4 Å². The lowest BCUT2D eigenvalue weighted by Crippen LogP contribution is -2.61. The van der Waals surface area contributed by atoms with E-state index in [4.69, 9.17) is 9.47 Å². The zero-order chi connectivity index (χ0) is 72.8. The zero-order valence-electron chi connectivity index (χ0n) is 58.5. The SMILES string of the molecule is CN[C@@H](C)C(=O)C[C@H](C(=O)N1C[C@@H]2C[C@H]1C(=O)N[C@@H](c1ccccc1)C(=O)C[C@H](C(=O)O)Cc1ccc(cc1)C(=O)N[C@H]1C[C@@H](C(=O)N[C@@H](Cc3ccc4ccccc4c3)C(=O)N[C@H](C(=O)O)Cc3ccc(cc3)OC/C=C/CO2)N(C(=O)[C@@H](NC(=O)[C@H](C)NC)C(C)(C)C)C1)C(C)(C)C. The summed E-state index contributed by atoms with van der Waals surface area (Å²) in [5, 5.41) is 43.1. The first-order valence-electron chi connectivity index (χ1n) is 34.0. The molecular formula is C76H95N9O15. The third-order valence-corrected chi connectivity index (χ3v) is 19.0. The summed E-state index contributed by atoms with van der Waals surface area (Å²) in [6, 6.07) is 23.8. The maximum Gasteiger partial charge on any atom is 0.326 e. The van der Waals surface area contributed by atoms with E-state index >= 15 is 9.59 Å². The number of carboxylic acids is 2. The number of amides is 7. The molecule has 6 aliphatic rings. The molecule has 534 valence electrons. The molecular weight excluding hydrogens is 1280 g/mol. The average Bonchev–Trinajstić information content (AvgIpc) is 1.60. The Bertz CT molecular complexity index is 3810. The van der Waals surface area contributed by atoms with Gasteiger partial charge in [-0.05, 0) is 115 Å². The third-order valence-electron chi connectivity index (χ3n) is 19.0. The molecule has 5 aromatic carbocycles. The molecule has 0 aliphatic carbocycles. The molecule has 5 aromatic rings. The van der Waals surface area contributed by atoms with Gasteiger partial charge in [-0.15, -0.1) is 0 Å². The number of ether oxygens (including phenoxy) is 2. The van der Waals surface area contributed by atoms with Crippen LogP contribution in [-0.2, 0) is 71.9 Å². The number of aliphatic carboxylic acids is 2. The normalized spacial score (nSPS) is 23.4. The summed E-state index contributed by atoms with van der Waals surface area (Å²) in [6.07, 6.45) is 1.43. The number of hydrogen-bond acceptors (Lipinski definition) is 15. The Labute approximate surface area is 583 Å². The summed E-state index contributed by atoms with van der Waals surface area (Å²) in [7, 11) is 3.24. The van der Waals surface area contributed by atoms with E-state index < -0.39 is 149 Å². The molecule has 9 N–H and O–H groups in total. The number of benzene rings is 5. The standard InChI is InChI=1S/C76H95N9O15/c1-44(77-9)62(86)41-57(75(3,4)5)71(93)85-43-56-40-61(85)70(92)82-64(50-19-12-11-13-20-50)63(87)38-53(73(95)96)34-46-22-28-51(29-23-46)67(89)79-54-39-60(84(42-54)72(94)65(76(6,7)8)83-66(88)45(2)78-10)69(91)80-58(37-48-24-27-49-18-14-15-21-52(49)35-48)68(90)81-59(74(97)98)36-47-25-30-55(31-26-47)99-32-16-17-33-100-56/h11-31,35,44-45,53-54,56-61,64-65,77-78H,32-34,36-43H2,1-10H3,(H,79,89)(H,80,91)(H,81,90)(H,82,92)(H,83,88)(H,95,96)(H,97,98)/b17-16+/t44-,45-,53+,54-,56-,57+,58-,59-,60-,61-,64-,65+/m0/s1. The van der Waals surface area contributed by atoms with Crippen LogP contribution in [0.5, 0.6) is 5.75 Å². The molecule has 0 aromatic heterocycles. The lowest BCUT2D eigenvalue weighted by molar-refractivity contribution is -0.147. The van der Waals surface area contributed by atoms with Crippen LogP contribution >= 0.6 is 0 Å². The van der Waals surface area contributed by atoms with Crippen LogP contribution in [0.4, 0.5) is 0 Å². The van der Waals surface area contributed by atoms with E-state index in [1.807, 2.05) is 57.2 Å². The molecule has 8 bridgehead atoms. The molecule has 2 saturated heterocycles. The quantitative estimate of drug-likeness (QED) is 0.0625. The molecule has 6 heterocycles. The molecule has 24 heteroatoms. The summed E-state index contributed by atoms with van der Waals surface area (Å²) >= 11 is 0. The van der Waals surface area contributed by atoms with Crippen LogP contribution in [0, 0.1) is 22.7 Å². The van der Waals surface area contributed by atoms with Crippen LogP contribution in [-0.4, -0.2) is 180 Å². The molecule has 2 fully saturated rings. The predicted octanol–water partition coefficient (Wildman–Crippen LogP) is 5.44. The van der Waals surface area contributed by atoms with Gasteiger partial charge in [0.15, 0.2) is 5.78 Å². The van der Waals surface area contributed by atoms with Crippen LogP contribution < -0.4 is 42.0 Å². The minimum absolute atomic E-state index is 0.0112. The maximum atomic E-state index is 15.1. The maximum absolute atomic E-state index is 15.1. The highest BCUT2D eigenvalue weighted by Crippen LogP contribution is 2.35. The van der Waals surface area contributed by atoms with Crippen LogP contribution in [0.2, 0.25) is 0 Å². The summed E-state index contributed by atoms with van der Waals surface area (Å²) < 4.78 is 12.3. The minimum atomic E-state index is -1.50. The average molecular weight is 1370 g/mol. The topological polar surface area (TPSA) is 337 Å². The smallest absolute Gasteiger partial charge is 0.326 e. The largest absolute Gasteiger partial charge is 0.490 e. The molecule has 0 spiro atoms. The van der Waals surface area contributed by atoms with Crippen LogP contribution in [0.15, 0.2) is 133 Å². The van der Waals surface area contributed by atoms with Gasteiger partial charge in [0.25, 0.3) is 5.91 Å². The van der Waals surface area contributed by atoms with Crippen molar-refractivity contribution in [2.24, 2.45) is 22.7 Å². The first-order valence-corrected chi connectivity index (χ1v) is 34.0. The van der Waals surface area contributed by atoms with E-state index in [1.54, 1.807) is 134 Å². The number of likely N-dealkylation sites (tertiary alicyclic amines) is 2. The van der Waals surface area contributed by atoms with E-state index in [1.165, 1.54) is 21.9 Å². The van der Waals surface area contributed by atoms with Gasteiger partial charge in [-0.3, -0.25) is 47.9 Å². The Balaban J connectivity index is 1.13. The van der Waals surface area contributed by atoms with Gasteiger partial charge in [-0.2, -0.15) is 0 Å². The van der Waals surface area contributed by atoms with Gasteiger partial charge in [-0.25, -0.2) is 4.79 Å². The van der Waals surface area contributed by atoms with Crippen LogP contribution in [0.1, 0.15) is 120 Å². The fourth-order valence-electron chi connectivity index (χ4n) is 12.7. The fraction of sp³-hybridized carbons (Fsp3) is 0.461. The molecule has 6 aliphatic heterocycles. The summed E-state index contributed by atoms with van der Waals surface area (Å²) in [6.45, 7) is 13.9. The number of nitrogens with zero attached hydrogens (tertiary/aromatic N) is 2. The number of carbonyl (C=O) groups excluding carboxylic acids is 9. The van der Waals surface area contributed by atoms with Gasteiger partial charge >= 0.3 is 11.9 Å². The lowest BCUT2D eigenvalue weighted by Gasteiger charge is -2.36. The number of carbonyl (C=O) groups is 11. The number of ketones is 2. The van der Waals surface area contributed by atoms with E-state index in [0.29, 0.717) is 28.0 Å². The van der Waals surface area contributed by atoms with Gasteiger partial charge in [0.1, 0.15) is 54.4 Å². The van der Waals surface area contributed by atoms with E-state index in [2.05, 4.69) is 37.2 Å². The molecule has 7 amide bonds. The van der Waals surface area contributed by atoms with Crippen LogP contribution in [0.3, 0.4) is 0 Å². The number of rotatable bonds is 14. The number of fused-ring (bicyclic) bond motifs is 1. The van der Waals surface area contributed by atoms with Gasteiger partial charge in [0.05, 0.1) is 30.7 Å². The highest BCUT2D eigenvalue weighted by Gasteiger charge is 2.48. The Hall–Kier alpha value is -9.65. The molecule has 0 radical (unpaired) electrons. The van der Waals surface area contributed by atoms with Crippen molar-refractivity contribution in [2.75, 3.05) is 40.4 Å². The third kappa shape index (κ3) is 20.1. The van der Waals surface area contributed by atoms with E-state index in [0.717, 1.165) is 10.8 Å². The second-order valence-corrected chi connectivity index (χ2v) is 28.5. The second kappa shape index (κ2) is 33.9. The van der Waals surface area contributed by atoms with Crippen LogP contribution in [0.25, 0.3) is 10.8 Å². The predicted molar refractivity (Wildman–Crippen MR) is 374 cm³/mol. The van der Waals surface area contributed by atoms with Crippen molar-refractivity contribution in [3.05, 3.63) is 161 Å².